The number of aromatic nitrogens is 4. The molecule has 0 unspecified atom stereocenters. The molecule has 0 spiro atoms. The number of benzene rings is 2. The van der Waals surface area contributed by atoms with Gasteiger partial charge < -0.3 is 29.2 Å². The van der Waals surface area contributed by atoms with Gasteiger partial charge in [-0.05, 0) is 89.1 Å². The lowest BCUT2D eigenvalue weighted by molar-refractivity contribution is -0.138. The number of nitrogens with zero attached hydrogens (tertiary/aromatic N) is 6. The molecule has 12 nitrogen and oxygen atoms in total. The molecule has 2 aromatic carbocycles. The molecule has 2 amide bonds. The summed E-state index contributed by atoms with van der Waals surface area (Å²) in [6, 6.07) is 7.93. The van der Waals surface area contributed by atoms with Crippen LogP contribution in [0.15, 0.2) is 83.3 Å². The molecule has 0 aliphatic heterocycles. The fourth-order valence-corrected chi connectivity index (χ4v) is 7.52. The second-order valence-corrected chi connectivity index (χ2v) is 17.8. The Hall–Kier alpha value is -5.35. The molecule has 6 aromatic rings. The second kappa shape index (κ2) is 22.2. The van der Waals surface area contributed by atoms with Crippen molar-refractivity contribution in [3.8, 4) is 5.75 Å². The largest absolute Gasteiger partial charge is 0.490 e. The zero-order valence-corrected chi connectivity index (χ0v) is 37.9. The van der Waals surface area contributed by atoms with Crippen molar-refractivity contribution in [2.24, 2.45) is 9.98 Å². The van der Waals surface area contributed by atoms with Crippen LogP contribution in [0.4, 0.5) is 30.7 Å². The monoisotopic (exact) mass is 954 g/mol. The Morgan fingerprint density at radius 1 is 0.692 bits per heavy atom. The third-order valence-corrected chi connectivity index (χ3v) is 11.0. The molecule has 0 fully saturated rings. The third kappa shape index (κ3) is 15.1. The quantitative estimate of drug-likeness (QED) is 0.102. The zero-order chi connectivity index (χ0) is 48.3. The summed E-state index contributed by atoms with van der Waals surface area (Å²) >= 11 is 2.47. The number of aliphatic hydroxyl groups is 3. The standard InChI is InChI=1S/C22H24F3N3O3S.C18H15F4N3OS.C4H10O2/c1-4-5-10-28-16-12-26-9-8-18(16)32-20(28)27-19(29)15-11-14(22(23,24)25)6-7-17(15)31-13-21(2,3)30;1-2-3-8-25-14-10-23-7-6-15(14)27-17(25)24-16(26)12-9-11(18(20,21)22)4-5-13(12)19;1-4(2,6)3-5/h6-9,11-12,30H,4-5,10,13H2,1-3H3;4-7,9-10H,2-3,8H2,1H3;5-6H,3H2,1-2H3. The van der Waals surface area contributed by atoms with Gasteiger partial charge in [0.15, 0.2) is 9.60 Å². The minimum atomic E-state index is -4.67. The molecule has 0 saturated carbocycles. The molecule has 0 aliphatic rings. The first-order valence-corrected chi connectivity index (χ1v) is 21.8. The van der Waals surface area contributed by atoms with Gasteiger partial charge in [-0.2, -0.15) is 36.3 Å². The maximum Gasteiger partial charge on any atom is 0.416 e. The molecule has 0 radical (unpaired) electrons. The Labute approximate surface area is 377 Å². The van der Waals surface area contributed by atoms with Gasteiger partial charge >= 0.3 is 12.4 Å². The van der Waals surface area contributed by atoms with Crippen molar-refractivity contribution in [3.05, 3.63) is 111 Å². The number of aryl methyl sites for hydroxylation is 2. The number of pyridine rings is 2. The first-order valence-electron chi connectivity index (χ1n) is 20.2. The number of unbranched alkanes of at least 4 members (excludes halogenated alkanes) is 2. The summed E-state index contributed by atoms with van der Waals surface area (Å²) in [5.74, 6) is -3.02. The lowest BCUT2D eigenvalue weighted by atomic mass is 10.1. The summed E-state index contributed by atoms with van der Waals surface area (Å²) < 4.78 is 103. The molecule has 0 aliphatic carbocycles. The van der Waals surface area contributed by atoms with E-state index in [9.17, 15) is 45.4 Å². The number of hydrogen-bond acceptors (Lipinski definition) is 10. The van der Waals surface area contributed by atoms with Crippen molar-refractivity contribution in [2.45, 2.75) is 104 Å². The lowest BCUT2D eigenvalue weighted by Gasteiger charge is -2.19. The highest BCUT2D eigenvalue weighted by molar-refractivity contribution is 7.16. The molecule has 0 bridgehead atoms. The first kappa shape index (κ1) is 52.3. The van der Waals surface area contributed by atoms with Crippen LogP contribution < -0.4 is 14.3 Å². The Bertz CT molecular complexity index is 2710. The van der Waals surface area contributed by atoms with Crippen LogP contribution in [0.1, 0.15) is 99.1 Å². The van der Waals surface area contributed by atoms with Crippen LogP contribution in [0.3, 0.4) is 0 Å². The van der Waals surface area contributed by atoms with E-state index in [1.165, 1.54) is 36.5 Å². The van der Waals surface area contributed by atoms with Crippen LogP contribution in [0.25, 0.3) is 20.4 Å². The Morgan fingerprint density at radius 2 is 1.12 bits per heavy atom. The number of alkyl halides is 6. The highest BCUT2D eigenvalue weighted by Gasteiger charge is 2.33. The number of halogens is 7. The number of ether oxygens (including phenoxy) is 1. The van der Waals surface area contributed by atoms with E-state index in [0.29, 0.717) is 40.9 Å². The van der Waals surface area contributed by atoms with E-state index in [1.807, 2.05) is 18.4 Å². The first-order chi connectivity index (χ1) is 30.4. The van der Waals surface area contributed by atoms with Gasteiger partial charge in [-0.3, -0.25) is 19.6 Å². The number of amides is 2. The maximum absolute atomic E-state index is 14.0. The molecule has 21 heteroatoms. The molecule has 4 aromatic heterocycles. The summed E-state index contributed by atoms with van der Waals surface area (Å²) in [4.78, 5) is 42.4. The summed E-state index contributed by atoms with van der Waals surface area (Å²) in [5.41, 5.74) is -3.66. The van der Waals surface area contributed by atoms with E-state index in [-0.39, 0.29) is 24.5 Å². The molecule has 352 valence electrons. The van der Waals surface area contributed by atoms with Crippen molar-refractivity contribution >= 4 is 54.9 Å². The van der Waals surface area contributed by atoms with E-state index in [4.69, 9.17) is 14.9 Å². The normalized spacial score (nSPS) is 12.8. The van der Waals surface area contributed by atoms with Gasteiger partial charge in [0, 0.05) is 25.5 Å². The fraction of sp³-hybridized carbons (Fsp3) is 0.409. The molecule has 3 N–H and O–H groups in total. The minimum Gasteiger partial charge on any atom is -0.490 e. The maximum atomic E-state index is 14.0. The highest BCUT2D eigenvalue weighted by atomic mass is 32.1. The zero-order valence-electron chi connectivity index (χ0n) is 36.3. The summed E-state index contributed by atoms with van der Waals surface area (Å²) in [7, 11) is 0. The predicted molar refractivity (Wildman–Crippen MR) is 233 cm³/mol. The smallest absolute Gasteiger partial charge is 0.416 e. The average molecular weight is 955 g/mol. The van der Waals surface area contributed by atoms with E-state index >= 15 is 0 Å². The van der Waals surface area contributed by atoms with Crippen LogP contribution in [0.2, 0.25) is 0 Å². The van der Waals surface area contributed by atoms with Crippen LogP contribution >= 0.6 is 22.7 Å². The Balaban J connectivity index is 0.000000255. The summed E-state index contributed by atoms with van der Waals surface area (Å²) in [5, 5.41) is 26.6. The topological polar surface area (TPSA) is 164 Å². The molecular weight excluding hydrogens is 906 g/mol. The highest BCUT2D eigenvalue weighted by Crippen LogP contribution is 2.34. The second-order valence-electron chi connectivity index (χ2n) is 15.8. The molecule has 65 heavy (non-hydrogen) atoms. The van der Waals surface area contributed by atoms with E-state index < -0.39 is 57.9 Å². The van der Waals surface area contributed by atoms with Gasteiger partial charge in [0.25, 0.3) is 11.8 Å². The van der Waals surface area contributed by atoms with E-state index in [2.05, 4.69) is 20.0 Å². The van der Waals surface area contributed by atoms with Gasteiger partial charge in [-0.15, -0.1) is 0 Å². The molecule has 4 heterocycles. The molecule has 0 atom stereocenters. The Morgan fingerprint density at radius 3 is 1.54 bits per heavy atom. The predicted octanol–water partition coefficient (Wildman–Crippen LogP) is 9.35. The summed E-state index contributed by atoms with van der Waals surface area (Å²) in [6.07, 6.45) is 0.710. The summed E-state index contributed by atoms with van der Waals surface area (Å²) in [6.45, 7) is 10.9. The fourth-order valence-electron chi connectivity index (χ4n) is 5.48. The Kier molecular flexibility index (Phi) is 17.9. The number of hydrogen-bond donors (Lipinski definition) is 3. The lowest BCUT2D eigenvalue weighted by Crippen LogP contribution is -2.28. The minimum absolute atomic E-state index is 0.0724. The van der Waals surface area contributed by atoms with Gasteiger partial charge in [0.1, 0.15) is 18.2 Å². The molecule has 0 saturated heterocycles. The van der Waals surface area contributed by atoms with Crippen LogP contribution in [-0.2, 0) is 25.4 Å². The van der Waals surface area contributed by atoms with Crippen molar-refractivity contribution in [2.75, 3.05) is 13.2 Å². The van der Waals surface area contributed by atoms with Crippen molar-refractivity contribution in [3.63, 3.8) is 0 Å². The van der Waals surface area contributed by atoms with Gasteiger partial charge in [0.05, 0.1) is 72.9 Å². The third-order valence-electron chi connectivity index (χ3n) is 8.86. The van der Waals surface area contributed by atoms with Gasteiger partial charge in [0.2, 0.25) is 0 Å². The number of aliphatic hydroxyl groups excluding tert-OH is 1. The SMILES string of the molecule is CC(C)(O)CO.CCCCn1c(=NC(=O)c2cc(C(F)(F)F)ccc2F)sc2ccncc21.CCCCn1c(=NC(=O)c2cc(C(F)(F)F)ccc2OCC(C)(C)O)sc2ccncc21. The van der Waals surface area contributed by atoms with Crippen LogP contribution in [-0.4, -0.2) is 70.7 Å². The molecular formula is C44H49F7N6O6S2. The number of thiazole rings is 2. The van der Waals surface area contributed by atoms with Crippen LogP contribution in [0.5, 0.6) is 5.75 Å². The number of rotatable bonds is 12. The average Bonchev–Trinajstić information content (AvgIpc) is 3.76. The van der Waals surface area contributed by atoms with Crippen molar-refractivity contribution in [1.82, 2.24) is 19.1 Å². The van der Waals surface area contributed by atoms with E-state index in [0.717, 1.165) is 64.3 Å². The van der Waals surface area contributed by atoms with Crippen molar-refractivity contribution in [1.29, 1.82) is 0 Å². The van der Waals surface area contributed by atoms with Gasteiger partial charge in [-0.25, -0.2) is 4.39 Å². The molecule has 6 rings (SSSR count). The van der Waals surface area contributed by atoms with Crippen LogP contribution in [0, 0.1) is 5.82 Å². The van der Waals surface area contributed by atoms with Gasteiger partial charge in [-0.1, -0.05) is 49.4 Å². The number of carbonyl (C=O) groups excluding carboxylic acids is 2. The van der Waals surface area contributed by atoms with Crippen molar-refractivity contribution < 1.29 is 60.4 Å². The number of fused-ring (bicyclic) bond motifs is 2. The number of carbonyl (C=O) groups is 2. The van der Waals surface area contributed by atoms with E-state index in [1.54, 1.807) is 55.3 Å².